The third-order valence-electron chi connectivity index (χ3n) is 5.62. The summed E-state index contributed by atoms with van der Waals surface area (Å²) >= 11 is 0. The van der Waals surface area contributed by atoms with Crippen LogP contribution >= 0.6 is 0 Å². The molecule has 0 aliphatic carbocycles. The highest BCUT2D eigenvalue weighted by molar-refractivity contribution is 5.91. The Morgan fingerprint density at radius 3 is 1.89 bits per heavy atom. The quantitative estimate of drug-likeness (QED) is 0.197. The molecule has 198 valence electrons. The number of esters is 1. The Labute approximate surface area is 195 Å². The van der Waals surface area contributed by atoms with Gasteiger partial charge in [-0.15, -0.1) is 0 Å². The van der Waals surface area contributed by atoms with Gasteiger partial charge in [-0.3, -0.25) is 0 Å². The van der Waals surface area contributed by atoms with Gasteiger partial charge in [0.05, 0.1) is 17.7 Å². The lowest BCUT2D eigenvalue weighted by molar-refractivity contribution is -0.376. The fourth-order valence-corrected chi connectivity index (χ4v) is 3.62. The summed E-state index contributed by atoms with van der Waals surface area (Å²) in [6.07, 6.45) is -22.6. The SMILES string of the molecule is O=C(OCC1OC(OC2OC(CO)C(O)C(O)C2O)C(O)C(O)C1O)c1ccccc1C(F)(F)F. The summed E-state index contributed by atoms with van der Waals surface area (Å²) in [7, 11) is 0. The van der Waals surface area contributed by atoms with Crippen LogP contribution in [-0.2, 0) is 25.1 Å². The molecule has 15 heteroatoms. The number of benzene rings is 1. The average molecular weight is 514 g/mol. The molecule has 2 saturated heterocycles. The molecule has 0 bridgehead atoms. The number of halogens is 3. The predicted octanol–water partition coefficient (Wildman–Crippen LogP) is -2.51. The summed E-state index contributed by atoms with van der Waals surface area (Å²) in [6.45, 7) is -1.65. The lowest BCUT2D eigenvalue weighted by Gasteiger charge is -2.44. The van der Waals surface area contributed by atoms with Crippen LogP contribution in [0.25, 0.3) is 0 Å². The highest BCUT2D eigenvalue weighted by Crippen LogP contribution is 2.33. The maximum Gasteiger partial charge on any atom is 0.417 e. The highest BCUT2D eigenvalue weighted by Gasteiger charge is 2.50. The molecule has 0 spiro atoms. The summed E-state index contributed by atoms with van der Waals surface area (Å²) in [5, 5.41) is 69.4. The molecule has 2 fully saturated rings. The molecule has 10 unspecified atom stereocenters. The summed E-state index contributed by atoms with van der Waals surface area (Å²) in [6, 6.07) is 3.81. The van der Waals surface area contributed by atoms with Crippen molar-refractivity contribution in [3.63, 3.8) is 0 Å². The normalized spacial score (nSPS) is 38.2. The van der Waals surface area contributed by atoms with Gasteiger partial charge in [0, 0.05) is 0 Å². The van der Waals surface area contributed by atoms with Crippen molar-refractivity contribution in [1.29, 1.82) is 0 Å². The van der Waals surface area contributed by atoms with Crippen LogP contribution in [0.2, 0.25) is 0 Å². The number of hydrogen-bond acceptors (Lipinski definition) is 12. The first-order valence-electron chi connectivity index (χ1n) is 10.4. The van der Waals surface area contributed by atoms with Gasteiger partial charge < -0.3 is 54.7 Å². The van der Waals surface area contributed by atoms with Gasteiger partial charge in [-0.25, -0.2) is 4.79 Å². The van der Waals surface area contributed by atoms with E-state index in [9.17, 15) is 53.7 Å². The van der Waals surface area contributed by atoms with Crippen LogP contribution in [0.1, 0.15) is 15.9 Å². The minimum absolute atomic E-state index is 0.674. The van der Waals surface area contributed by atoms with Gasteiger partial charge >= 0.3 is 12.1 Å². The topological polar surface area (TPSA) is 196 Å². The van der Waals surface area contributed by atoms with Crippen LogP contribution in [0.15, 0.2) is 24.3 Å². The van der Waals surface area contributed by atoms with E-state index in [1.54, 1.807) is 0 Å². The van der Waals surface area contributed by atoms with Gasteiger partial charge in [0.15, 0.2) is 12.6 Å². The van der Waals surface area contributed by atoms with Crippen molar-refractivity contribution in [2.45, 2.75) is 67.6 Å². The Hall–Kier alpha value is -1.92. The molecule has 12 nitrogen and oxygen atoms in total. The van der Waals surface area contributed by atoms with Crippen molar-refractivity contribution in [3.8, 4) is 0 Å². The van der Waals surface area contributed by atoms with E-state index in [0.717, 1.165) is 12.1 Å². The number of carbonyl (C=O) groups excluding carboxylic acids is 1. The fourth-order valence-electron chi connectivity index (χ4n) is 3.62. The van der Waals surface area contributed by atoms with E-state index in [4.69, 9.17) is 18.9 Å². The second kappa shape index (κ2) is 11.0. The Kier molecular flexibility index (Phi) is 8.69. The Bertz CT molecular complexity index is 868. The minimum Gasteiger partial charge on any atom is -0.459 e. The molecule has 1 aromatic rings. The predicted molar refractivity (Wildman–Crippen MR) is 103 cm³/mol. The first-order valence-corrected chi connectivity index (χ1v) is 10.4. The molecule has 2 aliphatic rings. The van der Waals surface area contributed by atoms with Crippen LogP contribution in [0.4, 0.5) is 13.2 Å². The molecule has 2 aliphatic heterocycles. The lowest BCUT2D eigenvalue weighted by atomic mass is 9.98. The summed E-state index contributed by atoms with van der Waals surface area (Å²) in [4.78, 5) is 12.3. The second-order valence-corrected chi connectivity index (χ2v) is 7.99. The average Bonchev–Trinajstić information content (AvgIpc) is 2.82. The van der Waals surface area contributed by atoms with Gasteiger partial charge in [-0.1, -0.05) is 12.1 Å². The fraction of sp³-hybridized carbons (Fsp3) is 0.650. The van der Waals surface area contributed by atoms with Gasteiger partial charge in [-0.05, 0) is 12.1 Å². The summed E-state index contributed by atoms with van der Waals surface area (Å²) in [5.74, 6) is -1.40. The van der Waals surface area contributed by atoms with Gasteiger partial charge in [0.2, 0.25) is 0 Å². The zero-order valence-electron chi connectivity index (χ0n) is 17.8. The molecule has 7 N–H and O–H groups in total. The van der Waals surface area contributed by atoms with Gasteiger partial charge in [0.1, 0.15) is 55.4 Å². The molecule has 1 aromatic carbocycles. The minimum atomic E-state index is -4.85. The molecule has 0 saturated carbocycles. The standard InChI is InChI=1S/C20H25F3O12/c21-20(22,23)8-4-2-1-3-7(8)17(31)32-6-10-12(26)14(28)16(30)19(34-10)35-18-15(29)13(27)11(25)9(5-24)33-18/h1-4,9-16,18-19,24-30H,5-6H2. The molecule has 35 heavy (non-hydrogen) atoms. The van der Waals surface area contributed by atoms with Crippen LogP contribution in [-0.4, -0.2) is 116 Å². The number of ether oxygens (including phenoxy) is 4. The first-order chi connectivity index (χ1) is 16.4. The van der Waals surface area contributed by atoms with Gasteiger partial charge in [0.25, 0.3) is 0 Å². The molecule has 0 amide bonds. The largest absolute Gasteiger partial charge is 0.459 e. The summed E-state index contributed by atoms with van der Waals surface area (Å²) < 4.78 is 59.9. The smallest absolute Gasteiger partial charge is 0.417 e. The van der Waals surface area contributed by atoms with Crippen molar-refractivity contribution in [1.82, 2.24) is 0 Å². The monoisotopic (exact) mass is 514 g/mol. The number of hydrogen-bond donors (Lipinski definition) is 7. The third kappa shape index (κ3) is 5.91. The number of carbonyl (C=O) groups is 1. The van der Waals surface area contributed by atoms with Crippen molar-refractivity contribution < 1.29 is 72.7 Å². The molecule has 3 rings (SSSR count). The van der Waals surface area contributed by atoms with E-state index < -0.39 is 97.9 Å². The van der Waals surface area contributed by atoms with E-state index >= 15 is 0 Å². The Morgan fingerprint density at radius 2 is 1.34 bits per heavy atom. The molecule has 2 heterocycles. The van der Waals surface area contributed by atoms with E-state index in [1.807, 2.05) is 0 Å². The van der Waals surface area contributed by atoms with Crippen LogP contribution < -0.4 is 0 Å². The zero-order valence-corrected chi connectivity index (χ0v) is 17.8. The van der Waals surface area contributed by atoms with E-state index in [1.165, 1.54) is 6.07 Å². The molecular weight excluding hydrogens is 489 g/mol. The lowest BCUT2D eigenvalue weighted by Crippen LogP contribution is -2.63. The molecular formula is C20H25F3O12. The van der Waals surface area contributed by atoms with E-state index in [2.05, 4.69) is 0 Å². The van der Waals surface area contributed by atoms with Crippen molar-refractivity contribution in [2.24, 2.45) is 0 Å². The Balaban J connectivity index is 1.69. The number of aliphatic hydroxyl groups excluding tert-OH is 7. The number of alkyl halides is 3. The van der Waals surface area contributed by atoms with E-state index in [-0.39, 0.29) is 0 Å². The number of aliphatic hydroxyl groups is 7. The maximum atomic E-state index is 13.1. The molecule has 0 aromatic heterocycles. The van der Waals surface area contributed by atoms with Crippen molar-refractivity contribution in [2.75, 3.05) is 13.2 Å². The Morgan fingerprint density at radius 1 is 0.829 bits per heavy atom. The second-order valence-electron chi connectivity index (χ2n) is 7.99. The van der Waals surface area contributed by atoms with E-state index in [0.29, 0.717) is 6.07 Å². The van der Waals surface area contributed by atoms with Crippen LogP contribution in [0.5, 0.6) is 0 Å². The maximum absolute atomic E-state index is 13.1. The van der Waals surface area contributed by atoms with Gasteiger partial charge in [-0.2, -0.15) is 13.2 Å². The van der Waals surface area contributed by atoms with Crippen LogP contribution in [0.3, 0.4) is 0 Å². The zero-order chi connectivity index (χ0) is 26.1. The molecule has 0 radical (unpaired) electrons. The summed E-state index contributed by atoms with van der Waals surface area (Å²) in [5.41, 5.74) is -2.06. The molecule has 10 atom stereocenters. The van der Waals surface area contributed by atoms with Crippen molar-refractivity contribution in [3.05, 3.63) is 35.4 Å². The van der Waals surface area contributed by atoms with Crippen molar-refractivity contribution >= 4 is 5.97 Å². The number of rotatable bonds is 6. The first kappa shape index (κ1) is 27.7. The highest BCUT2D eigenvalue weighted by atomic mass is 19.4. The van der Waals surface area contributed by atoms with Crippen LogP contribution in [0, 0.1) is 0 Å². The third-order valence-corrected chi connectivity index (χ3v) is 5.62.